The molecule has 0 bridgehead atoms. The highest BCUT2D eigenvalue weighted by Gasteiger charge is 2.16. The van der Waals surface area contributed by atoms with Gasteiger partial charge in [-0.25, -0.2) is 18.7 Å². The van der Waals surface area contributed by atoms with Crippen molar-refractivity contribution in [2.24, 2.45) is 0 Å². The quantitative estimate of drug-likeness (QED) is 0.458. The van der Waals surface area contributed by atoms with Crippen LogP contribution in [0.3, 0.4) is 0 Å². The molecule has 1 N–H and O–H groups in total. The fourth-order valence-corrected chi connectivity index (χ4v) is 3.94. The molecule has 1 fully saturated rings. The van der Waals surface area contributed by atoms with Crippen molar-refractivity contribution >= 4 is 17.4 Å². The van der Waals surface area contributed by atoms with Gasteiger partial charge in [-0.15, -0.1) is 0 Å². The molecular weight excluding hydrogens is 440 g/mol. The maximum atomic E-state index is 13.1. The number of fused-ring (bicyclic) bond motifs is 1. The van der Waals surface area contributed by atoms with Gasteiger partial charge in [0.25, 0.3) is 12.3 Å². The Morgan fingerprint density at radius 1 is 1.03 bits per heavy atom. The van der Waals surface area contributed by atoms with E-state index in [1.54, 1.807) is 47.1 Å². The summed E-state index contributed by atoms with van der Waals surface area (Å²) in [4.78, 5) is 24.5. The van der Waals surface area contributed by atoms with Crippen molar-refractivity contribution in [3.05, 3.63) is 83.8 Å². The van der Waals surface area contributed by atoms with Crippen LogP contribution >= 0.6 is 0 Å². The summed E-state index contributed by atoms with van der Waals surface area (Å²) in [6.07, 6.45) is 1.04. The molecule has 4 heterocycles. The van der Waals surface area contributed by atoms with E-state index in [4.69, 9.17) is 4.74 Å². The monoisotopic (exact) mass is 463 g/mol. The van der Waals surface area contributed by atoms with Gasteiger partial charge in [-0.1, -0.05) is 30.3 Å². The van der Waals surface area contributed by atoms with Crippen molar-refractivity contribution in [2.75, 3.05) is 31.6 Å². The molecule has 0 atom stereocenters. The van der Waals surface area contributed by atoms with Crippen LogP contribution < -0.4 is 5.32 Å². The molecule has 174 valence electrons. The van der Waals surface area contributed by atoms with E-state index >= 15 is 0 Å². The first-order chi connectivity index (χ1) is 16.6. The van der Waals surface area contributed by atoms with Gasteiger partial charge in [0.15, 0.2) is 0 Å². The number of anilines is 1. The predicted octanol–water partition coefficient (Wildman–Crippen LogP) is 4.42. The molecule has 5 rings (SSSR count). The first kappa shape index (κ1) is 22.1. The summed E-state index contributed by atoms with van der Waals surface area (Å²) < 4.78 is 32.8. The van der Waals surface area contributed by atoms with Crippen LogP contribution in [0.15, 0.2) is 67.0 Å². The van der Waals surface area contributed by atoms with Crippen molar-refractivity contribution in [3.63, 3.8) is 0 Å². The van der Waals surface area contributed by atoms with Gasteiger partial charge in [0.05, 0.1) is 30.2 Å². The number of aromatic nitrogens is 3. The Hall–Kier alpha value is -3.69. The lowest BCUT2D eigenvalue weighted by Crippen LogP contribution is -2.35. The molecule has 1 aliphatic heterocycles. The predicted molar refractivity (Wildman–Crippen MR) is 124 cm³/mol. The average Bonchev–Trinajstić information content (AvgIpc) is 3.29. The lowest BCUT2D eigenvalue weighted by Gasteiger charge is -2.26. The van der Waals surface area contributed by atoms with Gasteiger partial charge >= 0.3 is 0 Å². The molecule has 7 nitrogen and oxygen atoms in total. The van der Waals surface area contributed by atoms with Crippen molar-refractivity contribution < 1.29 is 18.3 Å². The van der Waals surface area contributed by atoms with Gasteiger partial charge in [0.1, 0.15) is 11.5 Å². The number of rotatable bonds is 6. The molecule has 0 unspecified atom stereocenters. The third-order valence-corrected chi connectivity index (χ3v) is 5.72. The number of alkyl halides is 2. The highest BCUT2D eigenvalue weighted by molar-refractivity contribution is 6.08. The topological polar surface area (TPSA) is 71.8 Å². The Bertz CT molecular complexity index is 1300. The minimum atomic E-state index is -2.52. The summed E-state index contributed by atoms with van der Waals surface area (Å²) in [6.45, 7) is 3.82. The van der Waals surface area contributed by atoms with E-state index in [-0.39, 0.29) is 11.5 Å². The Morgan fingerprint density at radius 2 is 1.82 bits per heavy atom. The van der Waals surface area contributed by atoms with Crippen LogP contribution in [0.2, 0.25) is 0 Å². The number of benzene rings is 1. The van der Waals surface area contributed by atoms with Crippen LogP contribution in [0.25, 0.3) is 16.9 Å². The van der Waals surface area contributed by atoms with Gasteiger partial charge in [-0.3, -0.25) is 9.69 Å². The van der Waals surface area contributed by atoms with Crippen LogP contribution in [-0.4, -0.2) is 51.5 Å². The number of ether oxygens (including phenoxy) is 1. The van der Waals surface area contributed by atoms with E-state index < -0.39 is 6.43 Å². The zero-order valence-electron chi connectivity index (χ0n) is 18.3. The number of imidazole rings is 1. The van der Waals surface area contributed by atoms with Crippen molar-refractivity contribution in [2.45, 2.75) is 13.0 Å². The van der Waals surface area contributed by atoms with E-state index in [1.165, 1.54) is 12.1 Å². The molecule has 3 aromatic heterocycles. The highest BCUT2D eigenvalue weighted by Crippen LogP contribution is 2.25. The van der Waals surface area contributed by atoms with Crippen LogP contribution in [0, 0.1) is 0 Å². The zero-order chi connectivity index (χ0) is 23.5. The highest BCUT2D eigenvalue weighted by atomic mass is 19.3. The molecule has 0 spiro atoms. The maximum Gasteiger partial charge on any atom is 0.263 e. The van der Waals surface area contributed by atoms with E-state index in [0.717, 1.165) is 18.8 Å². The molecule has 9 heteroatoms. The number of nitrogens with zero attached hydrogens (tertiary/aromatic N) is 4. The number of pyridine rings is 2. The number of hydrogen-bond donors (Lipinski definition) is 1. The standard InChI is InChI=1S/C25H23F2N5O2/c26-23(27)18-8-6-17(7-9-18)21-16-32-10-2-4-20(24(32)29-21)25(33)30-22-5-1-3-19(28-22)15-31-11-13-34-14-12-31/h1-10,16,23H,11-15H2,(H,28,30,33). The molecule has 1 saturated heterocycles. The number of halogens is 2. The SMILES string of the molecule is O=C(Nc1cccc(CN2CCOCC2)n1)c1cccn2cc(-c3ccc(C(F)F)cc3)nc12. The van der Waals surface area contributed by atoms with E-state index in [1.807, 2.05) is 12.1 Å². The van der Waals surface area contributed by atoms with Crippen molar-refractivity contribution in [1.29, 1.82) is 0 Å². The second-order valence-electron chi connectivity index (χ2n) is 8.06. The van der Waals surface area contributed by atoms with Crippen LogP contribution in [0.4, 0.5) is 14.6 Å². The summed E-state index contributed by atoms with van der Waals surface area (Å²) in [6, 6.07) is 15.0. The lowest BCUT2D eigenvalue weighted by molar-refractivity contribution is 0.0337. The first-order valence-corrected chi connectivity index (χ1v) is 11.0. The third kappa shape index (κ3) is 4.80. The van der Waals surface area contributed by atoms with E-state index in [2.05, 4.69) is 20.2 Å². The minimum Gasteiger partial charge on any atom is -0.379 e. The maximum absolute atomic E-state index is 13.1. The summed E-state index contributed by atoms with van der Waals surface area (Å²) in [5, 5.41) is 2.87. The van der Waals surface area contributed by atoms with Gasteiger partial charge in [0.2, 0.25) is 0 Å². The second-order valence-corrected chi connectivity index (χ2v) is 8.06. The third-order valence-electron chi connectivity index (χ3n) is 5.72. The van der Waals surface area contributed by atoms with Crippen molar-refractivity contribution in [1.82, 2.24) is 19.3 Å². The summed E-state index contributed by atoms with van der Waals surface area (Å²) in [5.41, 5.74) is 2.96. The normalized spacial score (nSPS) is 14.6. The first-order valence-electron chi connectivity index (χ1n) is 11.0. The molecule has 1 aromatic carbocycles. The molecule has 34 heavy (non-hydrogen) atoms. The fraction of sp³-hybridized carbons (Fsp3) is 0.240. The summed E-state index contributed by atoms with van der Waals surface area (Å²) >= 11 is 0. The molecule has 0 saturated carbocycles. The number of hydrogen-bond acceptors (Lipinski definition) is 5. The fourth-order valence-electron chi connectivity index (χ4n) is 3.94. The largest absolute Gasteiger partial charge is 0.379 e. The number of carbonyl (C=O) groups excluding carboxylic acids is 1. The minimum absolute atomic E-state index is 0.0454. The smallest absolute Gasteiger partial charge is 0.263 e. The average molecular weight is 463 g/mol. The number of morpholine rings is 1. The van der Waals surface area contributed by atoms with Gasteiger partial charge in [-0.05, 0) is 24.3 Å². The van der Waals surface area contributed by atoms with Gasteiger partial charge in [-0.2, -0.15) is 0 Å². The molecule has 0 aliphatic carbocycles. The molecule has 1 aliphatic rings. The van der Waals surface area contributed by atoms with E-state index in [9.17, 15) is 13.6 Å². The molecular formula is C25H23F2N5O2. The van der Waals surface area contributed by atoms with Crippen LogP contribution in [-0.2, 0) is 11.3 Å². The second kappa shape index (κ2) is 9.66. The van der Waals surface area contributed by atoms with Crippen LogP contribution in [0.5, 0.6) is 0 Å². The van der Waals surface area contributed by atoms with E-state index in [0.29, 0.717) is 48.0 Å². The molecule has 4 aromatic rings. The number of amides is 1. The zero-order valence-corrected chi connectivity index (χ0v) is 18.3. The Balaban J connectivity index is 1.36. The number of nitrogens with one attached hydrogen (secondary N) is 1. The van der Waals surface area contributed by atoms with Crippen molar-refractivity contribution in [3.8, 4) is 11.3 Å². The van der Waals surface area contributed by atoms with Gasteiger partial charge < -0.3 is 14.5 Å². The Labute approximate surface area is 195 Å². The number of carbonyl (C=O) groups is 1. The molecule has 1 amide bonds. The Morgan fingerprint density at radius 3 is 2.59 bits per heavy atom. The van der Waals surface area contributed by atoms with Gasteiger partial charge in [0, 0.05) is 43.2 Å². The lowest BCUT2D eigenvalue weighted by atomic mass is 10.1. The Kier molecular flexibility index (Phi) is 6.29. The summed E-state index contributed by atoms with van der Waals surface area (Å²) in [7, 11) is 0. The summed E-state index contributed by atoms with van der Waals surface area (Å²) in [5.74, 6) is 0.138. The van der Waals surface area contributed by atoms with Crippen LogP contribution in [0.1, 0.15) is 28.0 Å². The molecule has 0 radical (unpaired) electrons.